The van der Waals surface area contributed by atoms with Crippen molar-refractivity contribution in [2.24, 2.45) is 0 Å². The maximum atomic E-state index is 13.3. The van der Waals surface area contributed by atoms with Crippen LogP contribution in [0.15, 0.2) is 12.1 Å². The monoisotopic (exact) mass is 268 g/mol. The number of halogens is 1. The highest BCUT2D eigenvalue weighted by atomic mass is 19.1. The number of hydrogen-bond acceptors (Lipinski definition) is 3. The molecular weight excluding hydrogens is 251 g/mol. The lowest BCUT2D eigenvalue weighted by Gasteiger charge is -2.34. The van der Waals surface area contributed by atoms with Gasteiger partial charge in [0.15, 0.2) is 0 Å². The smallest absolute Gasteiger partial charge is 0.314 e. The van der Waals surface area contributed by atoms with E-state index in [1.165, 1.54) is 7.11 Å². The van der Waals surface area contributed by atoms with E-state index in [0.29, 0.717) is 12.8 Å². The summed E-state index contributed by atoms with van der Waals surface area (Å²) in [7, 11) is 1.34. The van der Waals surface area contributed by atoms with Crippen molar-refractivity contribution in [1.29, 1.82) is 0 Å². The van der Waals surface area contributed by atoms with E-state index in [4.69, 9.17) is 4.74 Å². The number of ether oxygens (including phenoxy) is 1. The second-order valence-corrected chi connectivity index (χ2v) is 4.95. The molecule has 2 rings (SSSR count). The number of aromatic hydroxyl groups is 1. The minimum Gasteiger partial charge on any atom is -0.507 e. The minimum absolute atomic E-state index is 0.0989. The Bertz CT molecular complexity index is 492. The van der Waals surface area contributed by atoms with Crippen LogP contribution in [0.4, 0.5) is 4.39 Å². The maximum absolute atomic E-state index is 13.3. The first-order valence-electron chi connectivity index (χ1n) is 6.31. The molecule has 0 radical (unpaired) electrons. The Morgan fingerprint density at radius 2 is 1.95 bits per heavy atom. The molecule has 1 saturated carbocycles. The topological polar surface area (TPSA) is 66.8 Å². The largest absolute Gasteiger partial charge is 0.507 e. The predicted molar refractivity (Wildman–Crippen MR) is 67.0 cm³/mol. The Hall–Kier alpha value is -1.78. The predicted octanol–water partition coefficient (Wildman–Crippen LogP) is 2.83. The summed E-state index contributed by atoms with van der Waals surface area (Å²) in [6, 6.07) is 2.06. The molecule has 0 bridgehead atoms. The fraction of sp³-hybridized carbons (Fsp3) is 0.500. The molecule has 0 heterocycles. The molecule has 0 unspecified atom stereocenters. The Morgan fingerprint density at radius 3 is 2.47 bits per heavy atom. The average molecular weight is 268 g/mol. The van der Waals surface area contributed by atoms with E-state index in [1.807, 2.05) is 0 Å². The van der Waals surface area contributed by atoms with E-state index in [0.717, 1.165) is 31.4 Å². The fourth-order valence-corrected chi connectivity index (χ4v) is 2.94. The number of carboxylic acids is 1. The van der Waals surface area contributed by atoms with Crippen molar-refractivity contribution < 1.29 is 24.1 Å². The molecule has 2 N–H and O–H groups in total. The first-order chi connectivity index (χ1) is 9.01. The Kier molecular flexibility index (Phi) is 3.64. The zero-order valence-electron chi connectivity index (χ0n) is 10.8. The van der Waals surface area contributed by atoms with E-state index in [-0.39, 0.29) is 17.1 Å². The molecule has 1 fully saturated rings. The van der Waals surface area contributed by atoms with Gasteiger partial charge in [-0.15, -0.1) is 0 Å². The Labute approximate surface area is 110 Å². The zero-order chi connectivity index (χ0) is 14.0. The number of carboxylic acid groups (broad SMARTS) is 1. The molecule has 5 heteroatoms. The first kappa shape index (κ1) is 13.6. The standard InChI is InChI=1S/C14H17FO4/c1-19-11-8-9(15)7-10(16)12(11)14(13(17)18)5-3-2-4-6-14/h7-8,16H,2-6H2,1H3,(H,17,18). The number of phenols is 1. The van der Waals surface area contributed by atoms with Crippen LogP contribution in [0.3, 0.4) is 0 Å². The number of carbonyl (C=O) groups is 1. The number of methoxy groups -OCH3 is 1. The summed E-state index contributed by atoms with van der Waals surface area (Å²) in [6.07, 6.45) is 3.37. The normalized spacial score (nSPS) is 18.0. The number of phenolic OH excluding ortho intramolecular Hbond substituents is 1. The van der Waals surface area contributed by atoms with Gasteiger partial charge in [0.05, 0.1) is 18.1 Å². The third-order valence-corrected chi connectivity index (χ3v) is 3.86. The molecule has 1 aromatic carbocycles. The highest BCUT2D eigenvalue weighted by Gasteiger charge is 2.45. The summed E-state index contributed by atoms with van der Waals surface area (Å²) >= 11 is 0. The SMILES string of the molecule is COc1cc(F)cc(O)c1C1(C(=O)O)CCCCC1. The van der Waals surface area contributed by atoms with Crippen molar-refractivity contribution in [2.45, 2.75) is 37.5 Å². The summed E-state index contributed by atoms with van der Waals surface area (Å²) in [5, 5.41) is 19.6. The average Bonchev–Trinajstić information content (AvgIpc) is 2.38. The van der Waals surface area contributed by atoms with Gasteiger partial charge in [-0.1, -0.05) is 19.3 Å². The second-order valence-electron chi connectivity index (χ2n) is 4.95. The van der Waals surface area contributed by atoms with Crippen LogP contribution in [-0.2, 0) is 10.2 Å². The van der Waals surface area contributed by atoms with Gasteiger partial charge in [-0.25, -0.2) is 4.39 Å². The lowest BCUT2D eigenvalue weighted by Crippen LogP contribution is -2.38. The van der Waals surface area contributed by atoms with Gasteiger partial charge in [0.25, 0.3) is 0 Å². The van der Waals surface area contributed by atoms with Crippen molar-refractivity contribution in [3.8, 4) is 11.5 Å². The molecule has 0 amide bonds. The van der Waals surface area contributed by atoms with Crippen molar-refractivity contribution in [2.75, 3.05) is 7.11 Å². The molecule has 0 aliphatic heterocycles. The fourth-order valence-electron chi connectivity index (χ4n) is 2.94. The Morgan fingerprint density at radius 1 is 1.32 bits per heavy atom. The van der Waals surface area contributed by atoms with Crippen LogP contribution in [0, 0.1) is 5.82 Å². The van der Waals surface area contributed by atoms with Gasteiger partial charge in [-0.2, -0.15) is 0 Å². The number of hydrogen-bond donors (Lipinski definition) is 2. The van der Waals surface area contributed by atoms with E-state index < -0.39 is 17.2 Å². The second kappa shape index (κ2) is 5.07. The van der Waals surface area contributed by atoms with Crippen LogP contribution in [0.5, 0.6) is 11.5 Å². The molecule has 0 spiro atoms. The summed E-state index contributed by atoms with van der Waals surface area (Å²) < 4.78 is 18.4. The van der Waals surface area contributed by atoms with Crippen LogP contribution >= 0.6 is 0 Å². The number of aliphatic carboxylic acids is 1. The minimum atomic E-state index is -1.18. The van der Waals surface area contributed by atoms with E-state index in [1.54, 1.807) is 0 Å². The van der Waals surface area contributed by atoms with Crippen LogP contribution in [-0.4, -0.2) is 23.3 Å². The molecule has 0 saturated heterocycles. The highest BCUT2D eigenvalue weighted by molar-refractivity contribution is 5.84. The van der Waals surface area contributed by atoms with Gasteiger partial charge < -0.3 is 14.9 Å². The number of rotatable bonds is 3. The van der Waals surface area contributed by atoms with Gasteiger partial charge >= 0.3 is 5.97 Å². The third kappa shape index (κ3) is 2.25. The highest BCUT2D eigenvalue weighted by Crippen LogP contribution is 2.47. The first-order valence-corrected chi connectivity index (χ1v) is 6.31. The lowest BCUT2D eigenvalue weighted by atomic mass is 9.69. The van der Waals surface area contributed by atoms with Crippen molar-refractivity contribution >= 4 is 5.97 Å². The molecule has 0 atom stereocenters. The zero-order valence-corrected chi connectivity index (χ0v) is 10.8. The molecule has 4 nitrogen and oxygen atoms in total. The molecule has 1 aliphatic carbocycles. The summed E-state index contributed by atoms with van der Waals surface area (Å²) in [5.41, 5.74) is -0.981. The molecule has 0 aromatic heterocycles. The van der Waals surface area contributed by atoms with Gasteiger partial charge in [0.1, 0.15) is 17.3 Å². The van der Waals surface area contributed by atoms with Crippen LogP contribution in [0.2, 0.25) is 0 Å². The summed E-state index contributed by atoms with van der Waals surface area (Å²) in [6.45, 7) is 0. The molecule has 1 aromatic rings. The molecule has 104 valence electrons. The summed E-state index contributed by atoms with van der Waals surface area (Å²) in [5.74, 6) is -1.88. The quantitative estimate of drug-likeness (QED) is 0.884. The van der Waals surface area contributed by atoms with Crippen LogP contribution < -0.4 is 4.74 Å². The van der Waals surface area contributed by atoms with Crippen molar-refractivity contribution in [1.82, 2.24) is 0 Å². The molecule has 19 heavy (non-hydrogen) atoms. The lowest BCUT2D eigenvalue weighted by molar-refractivity contribution is -0.145. The van der Waals surface area contributed by atoms with Gasteiger partial charge in [-0.3, -0.25) is 4.79 Å². The Balaban J connectivity index is 2.62. The van der Waals surface area contributed by atoms with Crippen LogP contribution in [0.25, 0.3) is 0 Å². The van der Waals surface area contributed by atoms with Gasteiger partial charge in [0.2, 0.25) is 0 Å². The van der Waals surface area contributed by atoms with E-state index in [2.05, 4.69) is 0 Å². The van der Waals surface area contributed by atoms with E-state index in [9.17, 15) is 19.4 Å². The van der Waals surface area contributed by atoms with Crippen molar-refractivity contribution in [3.63, 3.8) is 0 Å². The summed E-state index contributed by atoms with van der Waals surface area (Å²) in [4.78, 5) is 11.7. The third-order valence-electron chi connectivity index (χ3n) is 3.86. The van der Waals surface area contributed by atoms with Crippen LogP contribution in [0.1, 0.15) is 37.7 Å². The van der Waals surface area contributed by atoms with Crippen molar-refractivity contribution in [3.05, 3.63) is 23.5 Å². The maximum Gasteiger partial charge on any atom is 0.314 e. The molecular formula is C14H17FO4. The van der Waals surface area contributed by atoms with Gasteiger partial charge in [0, 0.05) is 12.1 Å². The van der Waals surface area contributed by atoms with Gasteiger partial charge in [-0.05, 0) is 12.8 Å². The number of benzene rings is 1. The molecule has 1 aliphatic rings. The van der Waals surface area contributed by atoms with E-state index >= 15 is 0 Å².